The second-order valence-electron chi connectivity index (χ2n) is 5.85. The predicted molar refractivity (Wildman–Crippen MR) is 110 cm³/mol. The summed E-state index contributed by atoms with van der Waals surface area (Å²) in [4.78, 5) is 20.3. The fourth-order valence-electron chi connectivity index (χ4n) is 2.87. The smallest absolute Gasteiger partial charge is 0.273 e. The molecule has 0 aliphatic carbocycles. The van der Waals surface area contributed by atoms with Gasteiger partial charge in [0, 0.05) is 9.86 Å². The van der Waals surface area contributed by atoms with Crippen LogP contribution in [0.25, 0.3) is 21.1 Å². The number of amides is 1. The third-order valence-electron chi connectivity index (χ3n) is 4.25. The summed E-state index contributed by atoms with van der Waals surface area (Å²) in [7, 11) is 1.61. The quantitative estimate of drug-likeness (QED) is 0.458. The van der Waals surface area contributed by atoms with Crippen molar-refractivity contribution >= 4 is 59.4 Å². The van der Waals surface area contributed by atoms with Crippen LogP contribution in [0.15, 0.2) is 40.9 Å². The fraction of sp³-hybridized carbons (Fsp3) is 0.158. The number of fused-ring (bicyclic) bond motifs is 2. The zero-order valence-electron chi connectivity index (χ0n) is 14.2. The highest BCUT2D eigenvalue weighted by Gasteiger charge is 2.16. The Balaban J connectivity index is 1.66. The number of H-pyrrole nitrogens is 1. The molecule has 2 N–H and O–H groups in total. The van der Waals surface area contributed by atoms with Crippen molar-refractivity contribution in [3.63, 3.8) is 0 Å². The van der Waals surface area contributed by atoms with Crippen LogP contribution >= 0.6 is 27.3 Å². The van der Waals surface area contributed by atoms with Crippen molar-refractivity contribution in [2.24, 2.45) is 0 Å². The lowest BCUT2D eigenvalue weighted by atomic mass is 10.2. The van der Waals surface area contributed by atoms with Gasteiger partial charge in [0.15, 0.2) is 5.13 Å². The summed E-state index contributed by atoms with van der Waals surface area (Å²) in [5, 5.41) is 4.32. The molecule has 7 heteroatoms. The zero-order valence-corrected chi connectivity index (χ0v) is 16.6. The van der Waals surface area contributed by atoms with Crippen LogP contribution in [-0.4, -0.2) is 23.0 Å². The third kappa shape index (κ3) is 2.97. The Labute approximate surface area is 162 Å². The molecule has 0 fully saturated rings. The van der Waals surface area contributed by atoms with Crippen LogP contribution in [0.2, 0.25) is 0 Å². The van der Waals surface area contributed by atoms with E-state index in [-0.39, 0.29) is 5.91 Å². The van der Waals surface area contributed by atoms with Crippen molar-refractivity contribution in [2.75, 3.05) is 12.4 Å². The number of carbonyl (C=O) groups excluding carboxylic acids is 1. The highest BCUT2D eigenvalue weighted by atomic mass is 79.9. The second kappa shape index (κ2) is 6.74. The van der Waals surface area contributed by atoms with E-state index >= 15 is 0 Å². The highest BCUT2D eigenvalue weighted by molar-refractivity contribution is 9.10. The van der Waals surface area contributed by atoms with Crippen LogP contribution in [0, 0.1) is 0 Å². The Kier molecular flexibility index (Phi) is 4.42. The lowest BCUT2D eigenvalue weighted by molar-refractivity contribution is 0.102. The number of nitrogens with one attached hydrogen (secondary N) is 2. The van der Waals surface area contributed by atoms with Gasteiger partial charge in [0.05, 0.1) is 22.8 Å². The van der Waals surface area contributed by atoms with E-state index in [4.69, 9.17) is 4.74 Å². The molecule has 26 heavy (non-hydrogen) atoms. The van der Waals surface area contributed by atoms with Gasteiger partial charge in [-0.25, -0.2) is 4.98 Å². The van der Waals surface area contributed by atoms with E-state index in [1.165, 1.54) is 16.9 Å². The number of benzene rings is 2. The Morgan fingerprint density at radius 1 is 1.31 bits per heavy atom. The molecule has 0 saturated heterocycles. The van der Waals surface area contributed by atoms with Crippen molar-refractivity contribution in [3.8, 4) is 5.75 Å². The molecule has 0 spiro atoms. The summed E-state index contributed by atoms with van der Waals surface area (Å²) >= 11 is 4.97. The summed E-state index contributed by atoms with van der Waals surface area (Å²) in [5.41, 5.74) is 3.43. The molecule has 2 heterocycles. The van der Waals surface area contributed by atoms with Crippen molar-refractivity contribution in [3.05, 3.63) is 52.1 Å². The third-order valence-corrected chi connectivity index (χ3v) is 5.84. The number of hydrogen-bond donors (Lipinski definition) is 2. The van der Waals surface area contributed by atoms with Gasteiger partial charge < -0.3 is 9.72 Å². The van der Waals surface area contributed by atoms with E-state index in [1.54, 1.807) is 13.2 Å². The van der Waals surface area contributed by atoms with E-state index < -0.39 is 0 Å². The van der Waals surface area contributed by atoms with E-state index in [1.807, 2.05) is 18.2 Å². The number of anilines is 1. The van der Waals surface area contributed by atoms with Crippen LogP contribution in [0.3, 0.4) is 0 Å². The van der Waals surface area contributed by atoms with Gasteiger partial charge in [-0.1, -0.05) is 24.3 Å². The number of nitrogens with zero attached hydrogens (tertiary/aromatic N) is 1. The van der Waals surface area contributed by atoms with Gasteiger partial charge in [-0.2, -0.15) is 0 Å². The lowest BCUT2D eigenvalue weighted by Gasteiger charge is -2.01. The first-order valence-electron chi connectivity index (χ1n) is 8.15. The maximum absolute atomic E-state index is 12.7. The van der Waals surface area contributed by atoms with Crippen LogP contribution in [-0.2, 0) is 6.42 Å². The topological polar surface area (TPSA) is 67.0 Å². The molecule has 1 amide bonds. The normalized spacial score (nSPS) is 11.2. The molecule has 2 aromatic carbocycles. The first kappa shape index (κ1) is 17.1. The first-order valence-corrected chi connectivity index (χ1v) is 9.76. The number of aryl methyl sites for hydroxylation is 1. The number of hydrogen-bond acceptors (Lipinski definition) is 4. The largest absolute Gasteiger partial charge is 0.496 e. The summed E-state index contributed by atoms with van der Waals surface area (Å²) < 4.78 is 7.32. The molecule has 0 unspecified atom stereocenters. The van der Waals surface area contributed by atoms with Gasteiger partial charge in [0.25, 0.3) is 5.91 Å². The van der Waals surface area contributed by atoms with Gasteiger partial charge in [-0.3, -0.25) is 10.1 Å². The van der Waals surface area contributed by atoms with Crippen LogP contribution in [0.5, 0.6) is 5.75 Å². The number of methoxy groups -OCH3 is 1. The molecule has 0 aliphatic rings. The number of ether oxygens (including phenoxy) is 1. The molecule has 5 nitrogen and oxygen atoms in total. The Hall–Kier alpha value is -2.38. The molecule has 2 aromatic heterocycles. The molecule has 4 rings (SSSR count). The first-order chi connectivity index (χ1) is 12.6. The summed E-state index contributed by atoms with van der Waals surface area (Å²) in [6.45, 7) is 2.12. The van der Waals surface area contributed by atoms with Crippen molar-refractivity contribution in [1.82, 2.24) is 9.97 Å². The molecule has 132 valence electrons. The molecule has 0 aliphatic heterocycles. The number of aromatic amines is 1. The van der Waals surface area contributed by atoms with E-state index in [0.717, 1.165) is 32.0 Å². The second-order valence-corrected chi connectivity index (χ2v) is 7.74. The van der Waals surface area contributed by atoms with Crippen LogP contribution in [0.4, 0.5) is 5.13 Å². The van der Waals surface area contributed by atoms with Crippen molar-refractivity contribution in [2.45, 2.75) is 13.3 Å². The molecular weight excluding hydrogens is 414 g/mol. The number of halogens is 1. The fourth-order valence-corrected chi connectivity index (χ4v) is 4.24. The summed E-state index contributed by atoms with van der Waals surface area (Å²) in [6, 6.07) is 11.7. The van der Waals surface area contributed by atoms with Crippen molar-refractivity contribution in [1.29, 1.82) is 0 Å². The minimum atomic E-state index is -0.232. The SMILES string of the molecule is CCc1ccc2nc(NC(=O)c3cc4c(OC)ccc(Br)c4[nH]3)sc2c1. The number of aromatic nitrogens is 2. The maximum atomic E-state index is 12.7. The van der Waals surface area contributed by atoms with E-state index in [9.17, 15) is 4.79 Å². The summed E-state index contributed by atoms with van der Waals surface area (Å²) in [6.07, 6.45) is 0.974. The average molecular weight is 430 g/mol. The summed E-state index contributed by atoms with van der Waals surface area (Å²) in [5.74, 6) is 0.482. The minimum absolute atomic E-state index is 0.232. The van der Waals surface area contributed by atoms with Gasteiger partial charge >= 0.3 is 0 Å². The Morgan fingerprint density at radius 3 is 2.92 bits per heavy atom. The van der Waals surface area contributed by atoms with Gasteiger partial charge in [0.1, 0.15) is 11.4 Å². The minimum Gasteiger partial charge on any atom is -0.496 e. The van der Waals surface area contributed by atoms with E-state index in [2.05, 4.69) is 50.3 Å². The standard InChI is InChI=1S/C19H16BrN3O2S/c1-3-10-4-6-13-16(8-10)26-19(22-13)23-18(24)14-9-11-15(25-2)7-5-12(20)17(11)21-14/h4-9,21H,3H2,1-2H3,(H,22,23,24). The highest BCUT2D eigenvalue weighted by Crippen LogP contribution is 2.32. The maximum Gasteiger partial charge on any atom is 0.273 e. The number of thiazole rings is 1. The van der Waals surface area contributed by atoms with E-state index in [0.29, 0.717) is 16.6 Å². The van der Waals surface area contributed by atoms with Gasteiger partial charge in [-0.05, 0) is 58.2 Å². The molecule has 4 aromatic rings. The number of carbonyl (C=O) groups is 1. The van der Waals surface area contributed by atoms with Gasteiger partial charge in [0.2, 0.25) is 0 Å². The zero-order chi connectivity index (χ0) is 18.3. The average Bonchev–Trinajstić information content (AvgIpc) is 3.25. The monoisotopic (exact) mass is 429 g/mol. The molecule has 0 atom stereocenters. The van der Waals surface area contributed by atoms with Crippen molar-refractivity contribution < 1.29 is 9.53 Å². The molecular formula is C19H16BrN3O2S. The van der Waals surface area contributed by atoms with Crippen LogP contribution in [0.1, 0.15) is 23.0 Å². The molecule has 0 radical (unpaired) electrons. The van der Waals surface area contributed by atoms with Crippen LogP contribution < -0.4 is 10.1 Å². The van der Waals surface area contributed by atoms with Gasteiger partial charge in [-0.15, -0.1) is 0 Å². The predicted octanol–water partition coefficient (Wildman–Crippen LogP) is 5.36. The molecule has 0 bridgehead atoms. The Bertz CT molecular complexity index is 1130. The lowest BCUT2D eigenvalue weighted by Crippen LogP contribution is -2.11. The molecule has 0 saturated carbocycles. The Morgan fingerprint density at radius 2 is 2.15 bits per heavy atom. The number of rotatable bonds is 4.